The molecule has 18 heavy (non-hydrogen) atoms. The van der Waals surface area contributed by atoms with E-state index in [4.69, 9.17) is 28.3 Å². The lowest BCUT2D eigenvalue weighted by Gasteiger charge is -2.18. The summed E-state index contributed by atoms with van der Waals surface area (Å²) in [6.07, 6.45) is 0. The van der Waals surface area contributed by atoms with Crippen molar-refractivity contribution in [3.05, 3.63) is 33.8 Å². The van der Waals surface area contributed by atoms with Gasteiger partial charge in [0, 0.05) is 0 Å². The van der Waals surface area contributed by atoms with Crippen LogP contribution in [0.3, 0.4) is 0 Å². The molecule has 0 saturated heterocycles. The van der Waals surface area contributed by atoms with Crippen molar-refractivity contribution in [2.45, 2.75) is 19.9 Å². The van der Waals surface area contributed by atoms with Crippen LogP contribution in [-0.4, -0.2) is 23.0 Å². The number of carboxylic acids is 1. The minimum absolute atomic E-state index is 0.115. The van der Waals surface area contributed by atoms with Crippen LogP contribution in [0.25, 0.3) is 0 Å². The van der Waals surface area contributed by atoms with Gasteiger partial charge in [0.25, 0.3) is 5.91 Å². The maximum atomic E-state index is 11.9. The van der Waals surface area contributed by atoms with Crippen LogP contribution in [0.5, 0.6) is 0 Å². The van der Waals surface area contributed by atoms with E-state index in [-0.39, 0.29) is 21.5 Å². The average molecular weight is 290 g/mol. The van der Waals surface area contributed by atoms with Crippen LogP contribution in [0.2, 0.25) is 10.0 Å². The molecule has 0 heterocycles. The van der Waals surface area contributed by atoms with Crippen molar-refractivity contribution in [2.24, 2.45) is 5.92 Å². The maximum absolute atomic E-state index is 11.9. The Balaban J connectivity index is 2.94. The highest BCUT2D eigenvalue weighted by molar-refractivity contribution is 6.43. The monoisotopic (exact) mass is 289 g/mol. The number of amides is 1. The van der Waals surface area contributed by atoms with Gasteiger partial charge in [-0.15, -0.1) is 0 Å². The molecular weight excluding hydrogens is 277 g/mol. The average Bonchev–Trinajstić information content (AvgIpc) is 2.28. The number of carbonyl (C=O) groups excluding carboxylic acids is 1. The maximum Gasteiger partial charge on any atom is 0.326 e. The Morgan fingerprint density at radius 2 is 1.89 bits per heavy atom. The molecule has 0 aliphatic heterocycles. The summed E-state index contributed by atoms with van der Waals surface area (Å²) in [4.78, 5) is 22.9. The zero-order chi connectivity index (χ0) is 13.9. The third-order valence-electron chi connectivity index (χ3n) is 2.42. The SMILES string of the molecule is CC(C)C(NC(=O)c1cccc(Cl)c1Cl)C(=O)O. The molecule has 4 nitrogen and oxygen atoms in total. The molecule has 1 aromatic carbocycles. The fourth-order valence-electron chi connectivity index (χ4n) is 1.41. The zero-order valence-electron chi connectivity index (χ0n) is 9.91. The van der Waals surface area contributed by atoms with E-state index in [1.54, 1.807) is 26.0 Å². The van der Waals surface area contributed by atoms with Crippen LogP contribution in [0.15, 0.2) is 18.2 Å². The first-order chi connectivity index (χ1) is 8.34. The molecule has 1 amide bonds. The van der Waals surface area contributed by atoms with E-state index < -0.39 is 17.9 Å². The lowest BCUT2D eigenvalue weighted by molar-refractivity contribution is -0.140. The van der Waals surface area contributed by atoms with E-state index in [0.717, 1.165) is 0 Å². The molecular formula is C12H13Cl2NO3. The zero-order valence-corrected chi connectivity index (χ0v) is 11.4. The van der Waals surface area contributed by atoms with Gasteiger partial charge in [-0.25, -0.2) is 4.79 Å². The molecule has 0 fully saturated rings. The van der Waals surface area contributed by atoms with Crippen molar-refractivity contribution < 1.29 is 14.7 Å². The summed E-state index contributed by atoms with van der Waals surface area (Å²) in [5.74, 6) is -1.87. The Bertz CT molecular complexity index is 474. The van der Waals surface area contributed by atoms with Crippen molar-refractivity contribution in [1.82, 2.24) is 5.32 Å². The third kappa shape index (κ3) is 3.37. The van der Waals surface area contributed by atoms with Gasteiger partial charge in [0.15, 0.2) is 0 Å². The van der Waals surface area contributed by atoms with Crippen LogP contribution in [-0.2, 0) is 4.79 Å². The van der Waals surface area contributed by atoms with E-state index in [2.05, 4.69) is 5.32 Å². The van der Waals surface area contributed by atoms with Gasteiger partial charge in [0.2, 0.25) is 0 Å². The molecule has 1 rings (SSSR count). The lowest BCUT2D eigenvalue weighted by Crippen LogP contribution is -2.44. The molecule has 0 spiro atoms. The summed E-state index contributed by atoms with van der Waals surface area (Å²) >= 11 is 11.7. The number of carboxylic acid groups (broad SMARTS) is 1. The molecule has 0 aliphatic carbocycles. The molecule has 98 valence electrons. The van der Waals surface area contributed by atoms with Crippen molar-refractivity contribution in [1.29, 1.82) is 0 Å². The molecule has 0 saturated carbocycles. The second-order valence-corrected chi connectivity index (χ2v) is 4.92. The number of rotatable bonds is 4. The molecule has 0 radical (unpaired) electrons. The Morgan fingerprint density at radius 3 is 2.39 bits per heavy atom. The van der Waals surface area contributed by atoms with Crippen molar-refractivity contribution in [3.8, 4) is 0 Å². The highest BCUT2D eigenvalue weighted by atomic mass is 35.5. The van der Waals surface area contributed by atoms with E-state index >= 15 is 0 Å². The molecule has 0 aromatic heterocycles. The second kappa shape index (κ2) is 6.07. The summed E-state index contributed by atoms with van der Waals surface area (Å²) in [6, 6.07) is 3.65. The topological polar surface area (TPSA) is 66.4 Å². The number of aliphatic carboxylic acids is 1. The first-order valence-corrected chi connectivity index (χ1v) is 6.08. The van der Waals surface area contributed by atoms with E-state index in [9.17, 15) is 9.59 Å². The van der Waals surface area contributed by atoms with E-state index in [1.165, 1.54) is 6.07 Å². The van der Waals surface area contributed by atoms with Crippen LogP contribution in [0.4, 0.5) is 0 Å². The number of hydrogen-bond donors (Lipinski definition) is 2. The van der Waals surface area contributed by atoms with Crippen molar-refractivity contribution in [2.75, 3.05) is 0 Å². The van der Waals surface area contributed by atoms with Gasteiger partial charge in [0.05, 0.1) is 15.6 Å². The first kappa shape index (κ1) is 14.8. The van der Waals surface area contributed by atoms with Gasteiger partial charge in [-0.2, -0.15) is 0 Å². The third-order valence-corrected chi connectivity index (χ3v) is 3.23. The summed E-state index contributed by atoms with van der Waals surface area (Å²) in [5.41, 5.74) is 0.163. The van der Waals surface area contributed by atoms with Gasteiger partial charge < -0.3 is 10.4 Å². The van der Waals surface area contributed by atoms with Crippen molar-refractivity contribution in [3.63, 3.8) is 0 Å². The molecule has 0 bridgehead atoms. The van der Waals surface area contributed by atoms with Crippen LogP contribution in [0.1, 0.15) is 24.2 Å². The molecule has 1 unspecified atom stereocenters. The second-order valence-electron chi connectivity index (χ2n) is 4.13. The predicted molar refractivity (Wildman–Crippen MR) is 70.2 cm³/mol. The number of nitrogens with one attached hydrogen (secondary N) is 1. The van der Waals surface area contributed by atoms with Gasteiger partial charge in [-0.1, -0.05) is 43.1 Å². The summed E-state index contributed by atoms with van der Waals surface area (Å²) in [6.45, 7) is 3.41. The van der Waals surface area contributed by atoms with Gasteiger partial charge in [-0.3, -0.25) is 4.79 Å². The summed E-state index contributed by atoms with van der Waals surface area (Å²) < 4.78 is 0. The Morgan fingerprint density at radius 1 is 1.28 bits per heavy atom. The van der Waals surface area contributed by atoms with Crippen molar-refractivity contribution >= 4 is 35.1 Å². The minimum atomic E-state index is -1.09. The fraction of sp³-hybridized carbons (Fsp3) is 0.333. The van der Waals surface area contributed by atoms with Gasteiger partial charge >= 0.3 is 5.97 Å². The minimum Gasteiger partial charge on any atom is -0.480 e. The largest absolute Gasteiger partial charge is 0.480 e. The standard InChI is InChI=1S/C12H13Cl2NO3/c1-6(2)10(12(17)18)15-11(16)7-4-3-5-8(13)9(7)14/h3-6,10H,1-2H3,(H,15,16)(H,17,18). The quantitative estimate of drug-likeness (QED) is 0.896. The van der Waals surface area contributed by atoms with E-state index in [1.807, 2.05) is 0 Å². The highest BCUT2D eigenvalue weighted by Crippen LogP contribution is 2.25. The molecule has 0 aliphatic rings. The lowest BCUT2D eigenvalue weighted by atomic mass is 10.0. The molecule has 2 N–H and O–H groups in total. The molecule has 6 heteroatoms. The van der Waals surface area contributed by atoms with E-state index in [0.29, 0.717) is 0 Å². The van der Waals surface area contributed by atoms with Gasteiger partial charge in [0.1, 0.15) is 6.04 Å². The smallest absolute Gasteiger partial charge is 0.326 e. The summed E-state index contributed by atoms with van der Waals surface area (Å²) in [5, 5.41) is 11.8. The Kier molecular flexibility index (Phi) is 4.99. The van der Waals surface area contributed by atoms with Crippen LogP contribution in [0, 0.1) is 5.92 Å². The summed E-state index contributed by atoms with van der Waals surface area (Å²) in [7, 11) is 0. The number of carbonyl (C=O) groups is 2. The highest BCUT2D eigenvalue weighted by Gasteiger charge is 2.25. The number of benzene rings is 1. The number of halogens is 2. The van der Waals surface area contributed by atoms with Crippen LogP contribution < -0.4 is 5.32 Å². The Labute approximate surface area is 115 Å². The predicted octanol–water partition coefficient (Wildman–Crippen LogP) is 2.83. The number of hydrogen-bond acceptors (Lipinski definition) is 2. The van der Waals surface area contributed by atoms with Gasteiger partial charge in [-0.05, 0) is 18.1 Å². The normalized spacial score (nSPS) is 12.3. The fourth-order valence-corrected chi connectivity index (χ4v) is 1.80. The molecule has 1 atom stereocenters. The molecule has 1 aromatic rings. The first-order valence-electron chi connectivity index (χ1n) is 5.32. The Hall–Kier alpha value is -1.26. The van der Waals surface area contributed by atoms with Crippen LogP contribution >= 0.6 is 23.2 Å².